The summed E-state index contributed by atoms with van der Waals surface area (Å²) in [7, 11) is 0. The summed E-state index contributed by atoms with van der Waals surface area (Å²) in [5.41, 5.74) is 4.74. The Morgan fingerprint density at radius 3 is 2.79 bits per heavy atom. The fourth-order valence-electron chi connectivity index (χ4n) is 1.88. The summed E-state index contributed by atoms with van der Waals surface area (Å²) in [5.74, 6) is -1.70. The number of thiophene rings is 1. The number of nitrogens with one attached hydrogen (secondary N) is 1. The molecule has 0 spiro atoms. The van der Waals surface area contributed by atoms with E-state index < -0.39 is 22.9 Å². The summed E-state index contributed by atoms with van der Waals surface area (Å²) in [6.07, 6.45) is 1.51. The second-order valence-electron chi connectivity index (χ2n) is 4.61. The van der Waals surface area contributed by atoms with Crippen molar-refractivity contribution in [2.24, 2.45) is 10.7 Å². The first-order chi connectivity index (χ1) is 11.6. The van der Waals surface area contributed by atoms with Gasteiger partial charge in [-0.3, -0.25) is 14.6 Å². The maximum absolute atomic E-state index is 12.2. The van der Waals surface area contributed by atoms with Gasteiger partial charge < -0.3 is 15.8 Å². The lowest BCUT2D eigenvalue weighted by atomic mass is 10.3. The van der Waals surface area contributed by atoms with Gasteiger partial charge in [0, 0.05) is 6.20 Å². The molecular formula is C15H11N5O3S. The zero-order chi connectivity index (χ0) is 17.1. The van der Waals surface area contributed by atoms with E-state index in [-0.39, 0.29) is 11.7 Å². The van der Waals surface area contributed by atoms with Gasteiger partial charge in [0.1, 0.15) is 11.5 Å². The Bertz CT molecular complexity index is 965. The number of aromatic nitrogens is 3. The van der Waals surface area contributed by atoms with Crippen molar-refractivity contribution in [2.45, 2.75) is 0 Å². The van der Waals surface area contributed by atoms with Crippen LogP contribution in [0.1, 0.15) is 15.4 Å². The molecule has 24 heavy (non-hydrogen) atoms. The monoisotopic (exact) mass is 341 g/mol. The van der Waals surface area contributed by atoms with E-state index in [9.17, 15) is 14.7 Å². The van der Waals surface area contributed by atoms with Crippen LogP contribution in [0.3, 0.4) is 0 Å². The van der Waals surface area contributed by atoms with Gasteiger partial charge in [-0.05, 0) is 23.6 Å². The lowest BCUT2D eigenvalue weighted by Gasteiger charge is -2.04. The van der Waals surface area contributed by atoms with E-state index in [1.54, 1.807) is 35.7 Å². The van der Waals surface area contributed by atoms with E-state index in [4.69, 9.17) is 5.73 Å². The van der Waals surface area contributed by atoms with Gasteiger partial charge in [0.05, 0.1) is 4.88 Å². The lowest BCUT2D eigenvalue weighted by Crippen LogP contribution is -2.18. The van der Waals surface area contributed by atoms with Crippen LogP contribution in [0.5, 0.6) is 5.75 Å². The van der Waals surface area contributed by atoms with Crippen LogP contribution < -0.4 is 11.3 Å². The van der Waals surface area contributed by atoms with Crippen molar-refractivity contribution < 1.29 is 9.90 Å². The number of rotatable bonds is 3. The minimum absolute atomic E-state index is 0.0177. The number of aromatic hydroxyl groups is 1. The first kappa shape index (κ1) is 15.6. The van der Waals surface area contributed by atoms with E-state index in [1.165, 1.54) is 17.5 Å². The van der Waals surface area contributed by atoms with E-state index in [0.717, 1.165) is 0 Å². The van der Waals surface area contributed by atoms with Crippen LogP contribution in [0.2, 0.25) is 0 Å². The average Bonchev–Trinajstić information content (AvgIpc) is 3.12. The minimum atomic E-state index is -0.915. The van der Waals surface area contributed by atoms with Gasteiger partial charge in [0.15, 0.2) is 11.5 Å². The molecule has 0 aliphatic heterocycles. The summed E-state index contributed by atoms with van der Waals surface area (Å²) < 4.78 is 0. The van der Waals surface area contributed by atoms with Crippen LogP contribution in [-0.2, 0) is 0 Å². The second-order valence-corrected chi connectivity index (χ2v) is 5.55. The number of nitrogens with zero attached hydrogens (tertiary/aromatic N) is 3. The van der Waals surface area contributed by atoms with Crippen LogP contribution in [0, 0.1) is 0 Å². The van der Waals surface area contributed by atoms with Crippen LogP contribution in [-0.4, -0.2) is 31.8 Å². The number of pyridine rings is 1. The van der Waals surface area contributed by atoms with Crippen molar-refractivity contribution in [3.8, 4) is 17.3 Å². The van der Waals surface area contributed by atoms with Crippen molar-refractivity contribution >= 4 is 23.1 Å². The number of hydrogen-bond donors (Lipinski definition) is 3. The van der Waals surface area contributed by atoms with Crippen molar-refractivity contribution in [2.75, 3.05) is 0 Å². The topological polar surface area (TPSA) is 134 Å². The highest BCUT2D eigenvalue weighted by atomic mass is 32.1. The highest BCUT2D eigenvalue weighted by Crippen LogP contribution is 2.16. The maximum atomic E-state index is 12.2. The molecule has 8 nitrogen and oxygen atoms in total. The molecule has 9 heteroatoms. The van der Waals surface area contributed by atoms with Crippen molar-refractivity contribution in [1.29, 1.82) is 0 Å². The van der Waals surface area contributed by atoms with Gasteiger partial charge in [0.25, 0.3) is 5.56 Å². The highest BCUT2D eigenvalue weighted by Gasteiger charge is 2.19. The predicted octanol–water partition coefficient (Wildman–Crippen LogP) is 1.14. The van der Waals surface area contributed by atoms with Gasteiger partial charge >= 0.3 is 5.91 Å². The van der Waals surface area contributed by atoms with E-state index >= 15 is 0 Å². The summed E-state index contributed by atoms with van der Waals surface area (Å²) in [5, 5.41) is 11.6. The third-order valence-electron chi connectivity index (χ3n) is 3.00. The van der Waals surface area contributed by atoms with Crippen molar-refractivity contribution in [3.63, 3.8) is 0 Å². The Hall–Kier alpha value is -3.33. The van der Waals surface area contributed by atoms with Gasteiger partial charge in [-0.15, -0.1) is 11.3 Å². The number of amides is 1. The normalized spacial score (nSPS) is 11.4. The smallest absolute Gasteiger partial charge is 0.301 e. The minimum Gasteiger partial charge on any atom is -0.501 e. The standard InChI is InChI=1S/C15H11N5O3S/c16-12(9-5-3-7-24-9)19-14(22)10-11(21)15(23)20-13(18-10)8-4-1-2-6-17-8/h1-7,21H,(H2,16,19,22)(H,18,20,23). The fraction of sp³-hybridized carbons (Fsp3) is 0. The molecule has 0 atom stereocenters. The van der Waals surface area contributed by atoms with Gasteiger partial charge in [-0.1, -0.05) is 12.1 Å². The first-order valence-electron chi connectivity index (χ1n) is 6.73. The predicted molar refractivity (Wildman–Crippen MR) is 89.1 cm³/mol. The highest BCUT2D eigenvalue weighted by molar-refractivity contribution is 7.12. The first-order valence-corrected chi connectivity index (χ1v) is 7.61. The Balaban J connectivity index is 2.04. The molecule has 3 heterocycles. The number of amidine groups is 1. The molecular weight excluding hydrogens is 330 g/mol. The molecule has 0 saturated carbocycles. The molecule has 4 N–H and O–H groups in total. The van der Waals surface area contributed by atoms with Crippen molar-refractivity contribution in [3.05, 3.63) is 62.8 Å². The van der Waals surface area contributed by atoms with Gasteiger partial charge in [0.2, 0.25) is 5.75 Å². The fourth-order valence-corrected chi connectivity index (χ4v) is 2.51. The molecule has 0 unspecified atom stereocenters. The third kappa shape index (κ3) is 3.06. The molecule has 0 fully saturated rings. The van der Waals surface area contributed by atoms with Gasteiger partial charge in [-0.25, -0.2) is 4.98 Å². The molecule has 3 rings (SSSR count). The zero-order valence-corrected chi connectivity index (χ0v) is 12.9. The number of aromatic amines is 1. The molecule has 0 aromatic carbocycles. The average molecular weight is 341 g/mol. The molecule has 0 bridgehead atoms. The zero-order valence-electron chi connectivity index (χ0n) is 12.1. The number of carbonyl (C=O) groups excluding carboxylic acids is 1. The van der Waals surface area contributed by atoms with Crippen LogP contribution in [0.15, 0.2) is 51.7 Å². The number of H-pyrrole nitrogens is 1. The molecule has 3 aromatic heterocycles. The number of hydrogen-bond acceptors (Lipinski definition) is 6. The number of aliphatic imine (C=N–C) groups is 1. The molecule has 3 aromatic rings. The Morgan fingerprint density at radius 1 is 1.29 bits per heavy atom. The summed E-state index contributed by atoms with van der Waals surface area (Å²) in [4.78, 5) is 38.7. The Kier molecular flexibility index (Phi) is 4.17. The molecule has 0 aliphatic rings. The maximum Gasteiger partial charge on any atom is 0.301 e. The number of nitrogens with two attached hydrogens (primary N) is 1. The Labute approximate surface area is 139 Å². The van der Waals surface area contributed by atoms with E-state index in [2.05, 4.69) is 19.9 Å². The van der Waals surface area contributed by atoms with E-state index in [0.29, 0.717) is 10.6 Å². The van der Waals surface area contributed by atoms with Gasteiger partial charge in [-0.2, -0.15) is 4.99 Å². The summed E-state index contributed by atoms with van der Waals surface area (Å²) in [6, 6.07) is 8.45. The second kappa shape index (κ2) is 6.42. The third-order valence-corrected chi connectivity index (χ3v) is 3.89. The van der Waals surface area contributed by atoms with Crippen LogP contribution in [0.25, 0.3) is 11.5 Å². The molecule has 0 saturated heterocycles. The molecule has 120 valence electrons. The molecule has 0 aliphatic carbocycles. The van der Waals surface area contributed by atoms with Crippen molar-refractivity contribution in [1.82, 2.24) is 15.0 Å². The lowest BCUT2D eigenvalue weighted by molar-refractivity contribution is 0.0995. The molecule has 0 radical (unpaired) electrons. The Morgan fingerprint density at radius 2 is 2.12 bits per heavy atom. The summed E-state index contributed by atoms with van der Waals surface area (Å²) in [6.45, 7) is 0. The largest absolute Gasteiger partial charge is 0.501 e. The number of carbonyl (C=O) groups is 1. The SMILES string of the molecule is NC(=NC(=O)c1nc(-c2ccccn2)[nH]c(=O)c1O)c1cccs1. The van der Waals surface area contributed by atoms with Crippen LogP contribution in [0.4, 0.5) is 0 Å². The summed E-state index contributed by atoms with van der Waals surface area (Å²) >= 11 is 1.31. The molecule has 1 amide bonds. The van der Waals surface area contributed by atoms with Crippen LogP contribution >= 0.6 is 11.3 Å². The quantitative estimate of drug-likeness (QED) is 0.483. The van der Waals surface area contributed by atoms with E-state index in [1.807, 2.05) is 0 Å².